The third-order valence-electron chi connectivity index (χ3n) is 2.76. The highest BCUT2D eigenvalue weighted by Gasteiger charge is 2.18. The van der Waals surface area contributed by atoms with E-state index in [2.05, 4.69) is 15.9 Å². The quantitative estimate of drug-likeness (QED) is 0.942. The maximum absolute atomic E-state index is 6.22. The molecular weight excluding hydrogens is 298 g/mol. The maximum atomic E-state index is 6.22. The van der Waals surface area contributed by atoms with Gasteiger partial charge in [0.15, 0.2) is 4.67 Å². The molecule has 96 valence electrons. The zero-order chi connectivity index (χ0) is 13.1. The van der Waals surface area contributed by atoms with Crippen LogP contribution in [0.2, 0.25) is 0 Å². The van der Waals surface area contributed by atoms with E-state index in [1.807, 2.05) is 24.3 Å². The van der Waals surface area contributed by atoms with Crippen LogP contribution in [-0.2, 0) is 0 Å². The number of benzene rings is 1. The Morgan fingerprint density at radius 3 is 2.50 bits per heavy atom. The van der Waals surface area contributed by atoms with Crippen molar-refractivity contribution < 1.29 is 13.9 Å². The predicted molar refractivity (Wildman–Crippen MR) is 72.0 cm³/mol. The first-order valence-electron chi connectivity index (χ1n) is 5.37. The summed E-state index contributed by atoms with van der Waals surface area (Å²) >= 11 is 3.33. The van der Waals surface area contributed by atoms with Gasteiger partial charge in [0.05, 0.1) is 26.5 Å². The van der Waals surface area contributed by atoms with Crippen LogP contribution in [0.3, 0.4) is 0 Å². The summed E-state index contributed by atoms with van der Waals surface area (Å²) < 4.78 is 16.3. The van der Waals surface area contributed by atoms with Gasteiger partial charge in [-0.1, -0.05) is 0 Å². The molecule has 0 amide bonds. The van der Waals surface area contributed by atoms with E-state index >= 15 is 0 Å². The van der Waals surface area contributed by atoms with Crippen LogP contribution in [-0.4, -0.2) is 14.2 Å². The van der Waals surface area contributed by atoms with Crippen LogP contribution in [0.5, 0.6) is 11.5 Å². The number of rotatable bonds is 4. The molecule has 18 heavy (non-hydrogen) atoms. The standard InChI is InChI=1S/C13H14BrNO3/c1-16-8-3-4-9(11(7-8)17-2)12(15)10-5-6-18-13(10)14/h3-7,12H,15H2,1-2H3. The van der Waals surface area contributed by atoms with E-state index in [1.165, 1.54) is 0 Å². The molecule has 0 aliphatic heterocycles. The van der Waals surface area contributed by atoms with Gasteiger partial charge in [-0.15, -0.1) is 0 Å². The summed E-state index contributed by atoms with van der Waals surface area (Å²) in [7, 11) is 3.22. The molecule has 1 aromatic heterocycles. The molecule has 2 N–H and O–H groups in total. The molecule has 0 saturated heterocycles. The summed E-state index contributed by atoms with van der Waals surface area (Å²) in [5.74, 6) is 1.42. The zero-order valence-corrected chi connectivity index (χ0v) is 11.7. The van der Waals surface area contributed by atoms with E-state index in [4.69, 9.17) is 19.6 Å². The van der Waals surface area contributed by atoms with E-state index in [1.54, 1.807) is 20.5 Å². The van der Waals surface area contributed by atoms with E-state index in [9.17, 15) is 0 Å². The fraction of sp³-hybridized carbons (Fsp3) is 0.231. The second-order valence-electron chi connectivity index (χ2n) is 3.74. The Labute approximate surface area is 114 Å². The average molecular weight is 312 g/mol. The van der Waals surface area contributed by atoms with Crippen LogP contribution in [0, 0.1) is 0 Å². The minimum absolute atomic E-state index is 0.320. The Kier molecular flexibility index (Phi) is 3.93. The van der Waals surface area contributed by atoms with Gasteiger partial charge in [0.2, 0.25) is 0 Å². The fourth-order valence-electron chi connectivity index (χ4n) is 1.77. The number of hydrogen-bond acceptors (Lipinski definition) is 4. The highest BCUT2D eigenvalue weighted by molar-refractivity contribution is 9.10. The first-order valence-corrected chi connectivity index (χ1v) is 6.17. The maximum Gasteiger partial charge on any atom is 0.174 e. The molecule has 0 radical (unpaired) electrons. The zero-order valence-electron chi connectivity index (χ0n) is 10.1. The number of methoxy groups -OCH3 is 2. The van der Waals surface area contributed by atoms with Crippen molar-refractivity contribution in [3.05, 3.63) is 46.3 Å². The van der Waals surface area contributed by atoms with E-state index < -0.39 is 0 Å². The van der Waals surface area contributed by atoms with Crippen molar-refractivity contribution in [2.75, 3.05) is 14.2 Å². The van der Waals surface area contributed by atoms with Gasteiger partial charge in [0, 0.05) is 17.2 Å². The summed E-state index contributed by atoms with van der Waals surface area (Å²) in [5.41, 5.74) is 7.97. The number of nitrogens with two attached hydrogens (primary N) is 1. The molecule has 0 saturated carbocycles. The van der Waals surface area contributed by atoms with Gasteiger partial charge in [-0.3, -0.25) is 0 Å². The SMILES string of the molecule is COc1ccc(C(N)c2ccoc2Br)c(OC)c1. The van der Waals surface area contributed by atoms with Crippen molar-refractivity contribution in [1.82, 2.24) is 0 Å². The van der Waals surface area contributed by atoms with Crippen molar-refractivity contribution in [2.24, 2.45) is 5.73 Å². The molecule has 1 atom stereocenters. The van der Waals surface area contributed by atoms with Gasteiger partial charge in [0.1, 0.15) is 11.5 Å². The van der Waals surface area contributed by atoms with Crippen LogP contribution in [0.1, 0.15) is 17.2 Å². The number of halogens is 1. The van der Waals surface area contributed by atoms with Gasteiger partial charge in [0.25, 0.3) is 0 Å². The van der Waals surface area contributed by atoms with Crippen molar-refractivity contribution >= 4 is 15.9 Å². The molecule has 4 nitrogen and oxygen atoms in total. The summed E-state index contributed by atoms with van der Waals surface area (Å²) in [6, 6.07) is 7.06. The van der Waals surface area contributed by atoms with Crippen LogP contribution >= 0.6 is 15.9 Å². The fourth-order valence-corrected chi connectivity index (χ4v) is 2.26. The molecule has 0 aliphatic carbocycles. The molecule has 1 heterocycles. The van der Waals surface area contributed by atoms with Gasteiger partial charge in [-0.05, 0) is 34.1 Å². The van der Waals surface area contributed by atoms with Crippen LogP contribution < -0.4 is 15.2 Å². The lowest BCUT2D eigenvalue weighted by Gasteiger charge is -2.15. The highest BCUT2D eigenvalue weighted by Crippen LogP contribution is 2.34. The number of hydrogen-bond donors (Lipinski definition) is 1. The molecule has 0 bridgehead atoms. The molecule has 0 fully saturated rings. The van der Waals surface area contributed by atoms with Gasteiger partial charge in [-0.2, -0.15) is 0 Å². The Morgan fingerprint density at radius 2 is 1.94 bits per heavy atom. The molecule has 5 heteroatoms. The first-order chi connectivity index (χ1) is 8.67. The molecular formula is C13H14BrNO3. The predicted octanol–water partition coefficient (Wildman–Crippen LogP) is 3.11. The lowest BCUT2D eigenvalue weighted by atomic mass is 10.0. The Bertz CT molecular complexity index is 539. The smallest absolute Gasteiger partial charge is 0.174 e. The summed E-state index contributed by atoms with van der Waals surface area (Å²) in [6.07, 6.45) is 1.59. The van der Waals surface area contributed by atoms with Crippen LogP contribution in [0.25, 0.3) is 0 Å². The molecule has 0 spiro atoms. The number of furan rings is 1. The van der Waals surface area contributed by atoms with Gasteiger partial charge in [-0.25, -0.2) is 0 Å². The van der Waals surface area contributed by atoms with Gasteiger partial charge < -0.3 is 19.6 Å². The lowest BCUT2D eigenvalue weighted by molar-refractivity contribution is 0.389. The third kappa shape index (κ3) is 2.37. The van der Waals surface area contributed by atoms with E-state index in [-0.39, 0.29) is 6.04 Å². The van der Waals surface area contributed by atoms with Crippen molar-refractivity contribution in [3.63, 3.8) is 0 Å². The van der Waals surface area contributed by atoms with E-state index in [0.29, 0.717) is 10.4 Å². The lowest BCUT2D eigenvalue weighted by Crippen LogP contribution is -2.12. The van der Waals surface area contributed by atoms with Gasteiger partial charge >= 0.3 is 0 Å². The van der Waals surface area contributed by atoms with Crippen molar-refractivity contribution in [3.8, 4) is 11.5 Å². The first kappa shape index (κ1) is 13.0. The average Bonchev–Trinajstić information content (AvgIpc) is 2.83. The Balaban J connectivity index is 2.41. The van der Waals surface area contributed by atoms with E-state index in [0.717, 1.165) is 16.9 Å². The highest BCUT2D eigenvalue weighted by atomic mass is 79.9. The third-order valence-corrected chi connectivity index (χ3v) is 3.40. The number of ether oxygens (including phenoxy) is 2. The minimum atomic E-state index is -0.320. The normalized spacial score (nSPS) is 12.2. The molecule has 2 rings (SSSR count). The van der Waals surface area contributed by atoms with Crippen LogP contribution in [0.15, 0.2) is 39.6 Å². The second kappa shape index (κ2) is 5.46. The molecule has 0 aliphatic rings. The molecule has 1 aromatic carbocycles. The Hall–Kier alpha value is -1.46. The monoisotopic (exact) mass is 311 g/mol. The Morgan fingerprint density at radius 1 is 1.17 bits per heavy atom. The van der Waals surface area contributed by atoms with Crippen LogP contribution in [0.4, 0.5) is 0 Å². The summed E-state index contributed by atoms with van der Waals surface area (Å²) in [4.78, 5) is 0. The topological polar surface area (TPSA) is 57.6 Å². The molecule has 2 aromatic rings. The largest absolute Gasteiger partial charge is 0.497 e. The summed E-state index contributed by atoms with van der Waals surface area (Å²) in [6.45, 7) is 0. The molecule has 1 unspecified atom stereocenters. The minimum Gasteiger partial charge on any atom is -0.497 e. The van der Waals surface area contributed by atoms with Crippen molar-refractivity contribution in [2.45, 2.75) is 6.04 Å². The van der Waals surface area contributed by atoms with Crippen molar-refractivity contribution in [1.29, 1.82) is 0 Å². The second-order valence-corrected chi connectivity index (χ2v) is 4.46. The summed E-state index contributed by atoms with van der Waals surface area (Å²) in [5, 5.41) is 0.